The lowest BCUT2D eigenvalue weighted by atomic mass is 9.86. The number of aliphatic carboxylic acids is 1. The molecule has 21 heavy (non-hydrogen) atoms. The van der Waals surface area contributed by atoms with Gasteiger partial charge in [-0.3, -0.25) is 4.79 Å². The van der Waals surface area contributed by atoms with Crippen molar-refractivity contribution in [1.29, 1.82) is 5.26 Å². The van der Waals surface area contributed by atoms with Crippen molar-refractivity contribution in [3.63, 3.8) is 0 Å². The van der Waals surface area contributed by atoms with E-state index in [9.17, 15) is 4.79 Å². The molecule has 1 aliphatic carbocycles. The number of rotatable bonds is 3. The zero-order valence-corrected chi connectivity index (χ0v) is 11.5. The molecule has 6 nitrogen and oxygen atoms in total. The molecule has 0 aliphatic heterocycles. The zero-order valence-electron chi connectivity index (χ0n) is 11.5. The number of carboxylic acid groups (broad SMARTS) is 1. The highest BCUT2D eigenvalue weighted by atomic mass is 16.5. The second kappa shape index (κ2) is 7.29. The van der Waals surface area contributed by atoms with E-state index in [1.54, 1.807) is 18.3 Å². The minimum atomic E-state index is -0.784. The summed E-state index contributed by atoms with van der Waals surface area (Å²) in [5, 5.41) is 20.3. The number of nitrogens with one attached hydrogen (secondary N) is 1. The van der Waals surface area contributed by atoms with E-state index in [0.29, 0.717) is 18.6 Å². The quantitative estimate of drug-likeness (QED) is 0.384. The molecule has 0 aromatic heterocycles. The Balaban J connectivity index is 2.06. The first-order valence-electron chi connectivity index (χ1n) is 6.87. The molecular formula is C15H17N3O3. The van der Waals surface area contributed by atoms with Gasteiger partial charge in [0.15, 0.2) is 6.19 Å². The highest BCUT2D eigenvalue weighted by Gasteiger charge is 2.27. The summed E-state index contributed by atoms with van der Waals surface area (Å²) < 4.78 is 5.52. The van der Waals surface area contributed by atoms with Crippen molar-refractivity contribution >= 4 is 12.0 Å². The van der Waals surface area contributed by atoms with Gasteiger partial charge in [-0.1, -0.05) is 24.6 Å². The third-order valence-corrected chi connectivity index (χ3v) is 3.42. The second-order valence-corrected chi connectivity index (χ2v) is 4.94. The van der Waals surface area contributed by atoms with Crippen LogP contribution < -0.4 is 10.1 Å². The third kappa shape index (κ3) is 4.49. The second-order valence-electron chi connectivity index (χ2n) is 4.94. The standard InChI is InChI=1S/C15H17N3O3/c16-10-17-15(21-13-7-2-1-3-8-13)18-12-6-4-5-11(9-12)14(19)20/h1-3,7-8,11-12H,4-6,9H2,(H,17,18)(H,19,20). The maximum Gasteiger partial charge on any atom is 0.306 e. The molecule has 0 spiro atoms. The van der Waals surface area contributed by atoms with Crippen LogP contribution in [0.4, 0.5) is 0 Å². The van der Waals surface area contributed by atoms with Gasteiger partial charge in [0.1, 0.15) is 5.75 Å². The first kappa shape index (κ1) is 14.9. The predicted molar refractivity (Wildman–Crippen MR) is 76.6 cm³/mol. The Labute approximate surface area is 123 Å². The summed E-state index contributed by atoms with van der Waals surface area (Å²) >= 11 is 0. The van der Waals surface area contributed by atoms with Crippen LogP contribution >= 0.6 is 0 Å². The van der Waals surface area contributed by atoms with E-state index in [0.717, 1.165) is 12.8 Å². The van der Waals surface area contributed by atoms with Crippen LogP contribution in [-0.2, 0) is 4.79 Å². The minimum absolute atomic E-state index is 0.111. The molecule has 0 radical (unpaired) electrons. The Bertz CT molecular complexity index is 551. The van der Waals surface area contributed by atoms with Crippen LogP contribution in [0.15, 0.2) is 35.3 Å². The number of nitriles is 1. The van der Waals surface area contributed by atoms with Crippen molar-refractivity contribution < 1.29 is 14.6 Å². The van der Waals surface area contributed by atoms with E-state index in [1.165, 1.54) is 0 Å². The lowest BCUT2D eigenvalue weighted by molar-refractivity contribution is -0.142. The number of carbonyl (C=O) groups is 1. The molecular weight excluding hydrogens is 270 g/mol. The zero-order chi connectivity index (χ0) is 15.1. The highest BCUT2D eigenvalue weighted by molar-refractivity contribution is 5.78. The van der Waals surface area contributed by atoms with Gasteiger partial charge in [-0.25, -0.2) is 10.3 Å². The van der Waals surface area contributed by atoms with Gasteiger partial charge < -0.3 is 9.84 Å². The Morgan fingerprint density at radius 1 is 1.38 bits per heavy atom. The van der Waals surface area contributed by atoms with Gasteiger partial charge in [-0.2, -0.15) is 5.26 Å². The van der Waals surface area contributed by atoms with Gasteiger partial charge in [-0.05, 0) is 31.4 Å². The molecule has 2 unspecified atom stereocenters. The summed E-state index contributed by atoms with van der Waals surface area (Å²) in [6.45, 7) is 0. The van der Waals surface area contributed by atoms with Crippen LogP contribution in [0, 0.1) is 17.4 Å². The van der Waals surface area contributed by atoms with E-state index >= 15 is 0 Å². The summed E-state index contributed by atoms with van der Waals surface area (Å²) in [6, 6.07) is 8.99. The molecule has 1 aliphatic rings. The van der Waals surface area contributed by atoms with Crippen LogP contribution in [-0.4, -0.2) is 23.1 Å². The van der Waals surface area contributed by atoms with Gasteiger partial charge in [0.2, 0.25) is 0 Å². The van der Waals surface area contributed by atoms with Gasteiger partial charge in [-0.15, -0.1) is 0 Å². The number of amidine groups is 1. The molecule has 0 bridgehead atoms. The molecule has 0 heterocycles. The Hall–Kier alpha value is -2.55. The molecule has 6 heteroatoms. The first-order chi connectivity index (χ1) is 10.2. The molecule has 2 rings (SSSR count). The number of benzene rings is 1. The number of para-hydroxylation sites is 1. The van der Waals surface area contributed by atoms with Gasteiger partial charge >= 0.3 is 12.0 Å². The minimum Gasteiger partial charge on any atom is -0.481 e. The Morgan fingerprint density at radius 2 is 2.14 bits per heavy atom. The van der Waals surface area contributed by atoms with Crippen LogP contribution in [0.1, 0.15) is 25.7 Å². The molecule has 2 N–H and O–H groups in total. The average molecular weight is 287 g/mol. The smallest absolute Gasteiger partial charge is 0.306 e. The molecule has 1 saturated carbocycles. The summed E-state index contributed by atoms with van der Waals surface area (Å²) in [5.74, 6) is -0.578. The van der Waals surface area contributed by atoms with E-state index in [4.69, 9.17) is 15.1 Å². The van der Waals surface area contributed by atoms with Crippen LogP contribution in [0.3, 0.4) is 0 Å². The van der Waals surface area contributed by atoms with E-state index < -0.39 is 5.97 Å². The molecule has 0 saturated heterocycles. The fraction of sp³-hybridized carbons (Fsp3) is 0.400. The Morgan fingerprint density at radius 3 is 2.81 bits per heavy atom. The number of nitrogens with zero attached hydrogens (tertiary/aromatic N) is 2. The molecule has 1 aromatic carbocycles. The van der Waals surface area contributed by atoms with Crippen molar-refractivity contribution in [3.05, 3.63) is 30.3 Å². The van der Waals surface area contributed by atoms with E-state index in [-0.39, 0.29) is 18.0 Å². The summed E-state index contributed by atoms with van der Waals surface area (Å²) in [6.07, 6.45) is 4.57. The molecule has 110 valence electrons. The van der Waals surface area contributed by atoms with Gasteiger partial charge in [0, 0.05) is 0 Å². The molecule has 2 atom stereocenters. The number of carboxylic acids is 1. The summed E-state index contributed by atoms with van der Waals surface area (Å²) in [7, 11) is 0. The van der Waals surface area contributed by atoms with E-state index in [1.807, 2.05) is 18.2 Å². The molecule has 1 aromatic rings. The topological polar surface area (TPSA) is 94.7 Å². The van der Waals surface area contributed by atoms with Crippen molar-refractivity contribution in [3.8, 4) is 11.9 Å². The normalized spacial score (nSPS) is 22.1. The van der Waals surface area contributed by atoms with Crippen molar-refractivity contribution in [2.24, 2.45) is 10.9 Å². The number of hydrogen-bond donors (Lipinski definition) is 2. The average Bonchev–Trinajstić information content (AvgIpc) is 2.49. The van der Waals surface area contributed by atoms with Crippen LogP contribution in [0.5, 0.6) is 5.75 Å². The van der Waals surface area contributed by atoms with Crippen LogP contribution in [0.2, 0.25) is 0 Å². The molecule has 0 amide bonds. The number of ether oxygens (including phenoxy) is 1. The predicted octanol–water partition coefficient (Wildman–Crippen LogP) is 2.14. The number of hydrogen-bond acceptors (Lipinski definition) is 4. The summed E-state index contributed by atoms with van der Waals surface area (Å²) in [5.41, 5.74) is 0. The lowest BCUT2D eigenvalue weighted by Crippen LogP contribution is -2.30. The fourth-order valence-corrected chi connectivity index (χ4v) is 2.40. The van der Waals surface area contributed by atoms with Gasteiger partial charge in [0.05, 0.1) is 12.0 Å². The monoisotopic (exact) mass is 287 g/mol. The number of aliphatic imine (C=N–C) groups is 1. The summed E-state index contributed by atoms with van der Waals surface area (Å²) in [4.78, 5) is 15.4. The molecule has 1 fully saturated rings. The van der Waals surface area contributed by atoms with Crippen LogP contribution in [0.25, 0.3) is 0 Å². The van der Waals surface area contributed by atoms with Crippen molar-refractivity contribution in [2.75, 3.05) is 0 Å². The largest absolute Gasteiger partial charge is 0.481 e. The highest BCUT2D eigenvalue weighted by Crippen LogP contribution is 2.26. The van der Waals surface area contributed by atoms with Crippen molar-refractivity contribution in [1.82, 2.24) is 5.32 Å². The first-order valence-corrected chi connectivity index (χ1v) is 6.87. The maximum atomic E-state index is 11.1. The SMILES string of the molecule is N#CNC(=NC1CCCC(C(=O)O)C1)Oc1ccccc1. The van der Waals surface area contributed by atoms with Gasteiger partial charge in [0.25, 0.3) is 0 Å². The fourth-order valence-electron chi connectivity index (χ4n) is 2.40. The third-order valence-electron chi connectivity index (χ3n) is 3.42. The van der Waals surface area contributed by atoms with E-state index in [2.05, 4.69) is 10.3 Å². The Kier molecular flexibility index (Phi) is 5.16. The lowest BCUT2D eigenvalue weighted by Gasteiger charge is -2.24. The van der Waals surface area contributed by atoms with Crippen molar-refractivity contribution in [2.45, 2.75) is 31.7 Å². The maximum absolute atomic E-state index is 11.1.